The van der Waals surface area contributed by atoms with E-state index >= 15 is 0 Å². The summed E-state index contributed by atoms with van der Waals surface area (Å²) >= 11 is 0. The lowest BCUT2D eigenvalue weighted by Crippen LogP contribution is -2.44. The molecule has 6 heteroatoms. The van der Waals surface area contributed by atoms with Gasteiger partial charge in [-0.1, -0.05) is 6.08 Å². The van der Waals surface area contributed by atoms with Crippen LogP contribution >= 0.6 is 0 Å². The highest BCUT2D eigenvalue weighted by Gasteiger charge is 2.36. The van der Waals surface area contributed by atoms with Crippen LogP contribution in [0.5, 0.6) is 0 Å². The summed E-state index contributed by atoms with van der Waals surface area (Å²) in [4.78, 5) is 23.3. The van der Waals surface area contributed by atoms with Crippen molar-refractivity contribution in [3.63, 3.8) is 0 Å². The van der Waals surface area contributed by atoms with Crippen LogP contribution in [0.3, 0.4) is 0 Å². The molecular weight excluding hydrogens is 272 g/mol. The molecule has 0 bridgehead atoms. The molecule has 0 aromatic rings. The van der Waals surface area contributed by atoms with E-state index in [9.17, 15) is 9.59 Å². The zero-order valence-electron chi connectivity index (χ0n) is 13.6. The number of nitrogens with one attached hydrogen (secondary N) is 2. The summed E-state index contributed by atoms with van der Waals surface area (Å²) in [5, 5.41) is 4.89. The first-order valence-corrected chi connectivity index (χ1v) is 7.20. The Morgan fingerprint density at radius 3 is 2.48 bits per heavy atom. The number of hydrogen-bond acceptors (Lipinski definition) is 4. The van der Waals surface area contributed by atoms with Gasteiger partial charge in [-0.2, -0.15) is 0 Å². The second-order valence-electron chi connectivity index (χ2n) is 6.23. The van der Waals surface area contributed by atoms with Crippen molar-refractivity contribution >= 4 is 11.9 Å². The van der Waals surface area contributed by atoms with Crippen molar-refractivity contribution < 1.29 is 19.1 Å². The molecule has 1 heterocycles. The zero-order chi connectivity index (χ0) is 16.2. The quantitative estimate of drug-likeness (QED) is 0.782. The number of carbonyl (C=O) groups is 2. The van der Waals surface area contributed by atoms with Crippen molar-refractivity contribution in [2.75, 3.05) is 0 Å². The number of allylic oxidation sites excluding steroid dienone is 1. The number of amides is 3. The van der Waals surface area contributed by atoms with Crippen molar-refractivity contribution in [3.8, 4) is 0 Å². The monoisotopic (exact) mass is 298 g/mol. The molecule has 1 aliphatic heterocycles. The number of rotatable bonds is 3. The Kier molecular flexibility index (Phi) is 5.92. The van der Waals surface area contributed by atoms with Crippen LogP contribution in [0.15, 0.2) is 11.6 Å². The first-order chi connectivity index (χ1) is 9.62. The average Bonchev–Trinajstić information content (AvgIpc) is 2.65. The summed E-state index contributed by atoms with van der Waals surface area (Å²) < 4.78 is 11.5. The van der Waals surface area contributed by atoms with Gasteiger partial charge in [0.2, 0.25) is 0 Å². The van der Waals surface area contributed by atoms with Crippen LogP contribution in [-0.2, 0) is 14.3 Å². The van der Waals surface area contributed by atoms with E-state index in [1.807, 2.05) is 27.7 Å². The first-order valence-electron chi connectivity index (χ1n) is 7.20. The number of urea groups is 1. The SMILES string of the molecule is C/C=C(/C)C(=O)NC(=O)N[C@H]1C[C@H](OC(C)(C)C)[C@@H](C)O1. The fourth-order valence-corrected chi connectivity index (χ4v) is 2.01. The van der Waals surface area contributed by atoms with Crippen LogP contribution in [0.2, 0.25) is 0 Å². The van der Waals surface area contributed by atoms with E-state index in [0.29, 0.717) is 12.0 Å². The Morgan fingerprint density at radius 2 is 1.95 bits per heavy atom. The normalized spacial score (nSPS) is 26.6. The molecule has 3 amide bonds. The highest BCUT2D eigenvalue weighted by Crippen LogP contribution is 2.25. The standard InChI is InChI=1S/C15H26N2O4/c1-7-9(2)13(18)17-14(19)16-12-8-11(10(3)20-12)21-15(4,5)6/h7,10-12H,8H2,1-6H3,(H2,16,17,18,19)/b9-7-/t10-,11+,12-/m1/s1. The Morgan fingerprint density at radius 1 is 1.33 bits per heavy atom. The average molecular weight is 298 g/mol. The minimum atomic E-state index is -0.560. The maximum Gasteiger partial charge on any atom is 0.323 e. The van der Waals surface area contributed by atoms with Crippen molar-refractivity contribution in [1.29, 1.82) is 0 Å². The summed E-state index contributed by atoms with van der Waals surface area (Å²) in [5.74, 6) is -0.413. The van der Waals surface area contributed by atoms with E-state index in [1.54, 1.807) is 19.9 Å². The number of ether oxygens (including phenoxy) is 2. The molecule has 21 heavy (non-hydrogen) atoms. The van der Waals surface area contributed by atoms with Crippen molar-refractivity contribution in [1.82, 2.24) is 10.6 Å². The molecule has 1 fully saturated rings. The van der Waals surface area contributed by atoms with Gasteiger partial charge in [-0.3, -0.25) is 10.1 Å². The molecule has 1 saturated heterocycles. The molecule has 1 aliphatic rings. The van der Waals surface area contributed by atoms with Gasteiger partial charge in [0.05, 0.1) is 17.8 Å². The molecule has 6 nitrogen and oxygen atoms in total. The van der Waals surface area contributed by atoms with Gasteiger partial charge in [0.25, 0.3) is 5.91 Å². The van der Waals surface area contributed by atoms with Crippen LogP contribution in [0.1, 0.15) is 48.0 Å². The van der Waals surface area contributed by atoms with E-state index in [1.165, 1.54) is 0 Å². The molecule has 120 valence electrons. The van der Waals surface area contributed by atoms with Gasteiger partial charge in [-0.05, 0) is 41.5 Å². The van der Waals surface area contributed by atoms with Gasteiger partial charge in [0, 0.05) is 12.0 Å². The van der Waals surface area contributed by atoms with E-state index in [0.717, 1.165) is 0 Å². The second kappa shape index (κ2) is 7.04. The summed E-state index contributed by atoms with van der Waals surface area (Å²) in [5.41, 5.74) is 0.220. The molecule has 1 rings (SSSR count). The Balaban J connectivity index is 2.47. The summed E-state index contributed by atoms with van der Waals surface area (Å²) in [6, 6.07) is -0.560. The predicted molar refractivity (Wildman–Crippen MR) is 79.7 cm³/mol. The molecular formula is C15H26N2O4. The van der Waals surface area contributed by atoms with Crippen molar-refractivity contribution in [2.45, 2.75) is 72.0 Å². The van der Waals surface area contributed by atoms with E-state index in [4.69, 9.17) is 9.47 Å². The maximum atomic E-state index is 11.7. The Bertz CT molecular complexity index is 426. The van der Waals surface area contributed by atoms with Crippen molar-refractivity contribution in [2.24, 2.45) is 0 Å². The molecule has 0 aromatic carbocycles. The van der Waals surface area contributed by atoms with Crippen LogP contribution in [-0.4, -0.2) is 36.0 Å². The Labute approximate surface area is 126 Å². The number of carbonyl (C=O) groups excluding carboxylic acids is 2. The van der Waals surface area contributed by atoms with Gasteiger partial charge in [0.15, 0.2) is 0 Å². The molecule has 0 spiro atoms. The maximum absolute atomic E-state index is 11.7. The van der Waals surface area contributed by atoms with Gasteiger partial charge in [0.1, 0.15) is 6.23 Å². The third kappa shape index (κ3) is 5.85. The molecule has 3 atom stereocenters. The topological polar surface area (TPSA) is 76.7 Å². The third-order valence-electron chi connectivity index (χ3n) is 3.16. The third-order valence-corrected chi connectivity index (χ3v) is 3.16. The largest absolute Gasteiger partial charge is 0.370 e. The van der Waals surface area contributed by atoms with E-state index in [2.05, 4.69) is 10.6 Å². The first kappa shape index (κ1) is 17.7. The molecule has 0 unspecified atom stereocenters. The number of hydrogen-bond donors (Lipinski definition) is 2. The zero-order valence-corrected chi connectivity index (χ0v) is 13.6. The van der Waals surface area contributed by atoms with Crippen LogP contribution in [0.4, 0.5) is 4.79 Å². The summed E-state index contributed by atoms with van der Waals surface area (Å²) in [7, 11) is 0. The molecule has 0 aromatic heterocycles. The molecule has 0 radical (unpaired) electrons. The fraction of sp³-hybridized carbons (Fsp3) is 0.733. The summed E-state index contributed by atoms with van der Waals surface area (Å²) in [6.45, 7) is 11.2. The number of imide groups is 1. The molecule has 0 saturated carbocycles. The van der Waals surface area contributed by atoms with Gasteiger partial charge in [-0.15, -0.1) is 0 Å². The lowest BCUT2D eigenvalue weighted by molar-refractivity contribution is -0.116. The minimum Gasteiger partial charge on any atom is -0.370 e. The lowest BCUT2D eigenvalue weighted by Gasteiger charge is -2.26. The van der Waals surface area contributed by atoms with E-state index < -0.39 is 18.2 Å². The van der Waals surface area contributed by atoms with Crippen LogP contribution in [0, 0.1) is 0 Å². The smallest absolute Gasteiger partial charge is 0.323 e. The highest BCUT2D eigenvalue weighted by molar-refractivity contribution is 6.03. The minimum absolute atomic E-state index is 0.0803. The molecule has 0 aliphatic carbocycles. The fourth-order valence-electron chi connectivity index (χ4n) is 2.01. The summed E-state index contributed by atoms with van der Waals surface area (Å²) in [6.07, 6.45) is 1.56. The highest BCUT2D eigenvalue weighted by atomic mass is 16.6. The lowest BCUT2D eigenvalue weighted by atomic mass is 10.1. The second-order valence-corrected chi connectivity index (χ2v) is 6.23. The molecule has 2 N–H and O–H groups in total. The predicted octanol–water partition coefficient (Wildman–Crippen LogP) is 2.10. The van der Waals surface area contributed by atoms with Crippen molar-refractivity contribution in [3.05, 3.63) is 11.6 Å². The van der Waals surface area contributed by atoms with E-state index in [-0.39, 0.29) is 17.8 Å². The van der Waals surface area contributed by atoms with Crippen LogP contribution < -0.4 is 10.6 Å². The van der Waals surface area contributed by atoms with Gasteiger partial charge >= 0.3 is 6.03 Å². The Hall–Kier alpha value is -1.40. The van der Waals surface area contributed by atoms with Crippen LogP contribution in [0.25, 0.3) is 0 Å². The van der Waals surface area contributed by atoms with Gasteiger partial charge < -0.3 is 14.8 Å². The van der Waals surface area contributed by atoms with Gasteiger partial charge in [-0.25, -0.2) is 4.79 Å².